The number of carbonyl (C=O) groups excluding carboxylic acids is 1. The molecule has 27 heavy (non-hydrogen) atoms. The molecule has 0 radical (unpaired) electrons. The van der Waals surface area contributed by atoms with Gasteiger partial charge in [0, 0.05) is 37.1 Å². The Morgan fingerprint density at radius 1 is 1.33 bits per heavy atom. The van der Waals surface area contributed by atoms with Crippen molar-refractivity contribution in [1.29, 1.82) is 0 Å². The molecule has 3 aromatic rings. The van der Waals surface area contributed by atoms with E-state index in [1.807, 2.05) is 27.0 Å². The van der Waals surface area contributed by atoms with Crippen LogP contribution in [0.25, 0.3) is 22.2 Å². The number of nitrogens with one attached hydrogen (secondary N) is 1. The quantitative estimate of drug-likeness (QED) is 0.746. The van der Waals surface area contributed by atoms with E-state index in [0.717, 1.165) is 39.4 Å². The van der Waals surface area contributed by atoms with E-state index < -0.39 is 0 Å². The van der Waals surface area contributed by atoms with Crippen molar-refractivity contribution in [2.24, 2.45) is 0 Å². The third-order valence-corrected chi connectivity index (χ3v) is 5.58. The summed E-state index contributed by atoms with van der Waals surface area (Å²) >= 11 is 1.48. The first-order chi connectivity index (χ1) is 13.1. The lowest BCUT2D eigenvalue weighted by Gasteiger charge is -2.29. The van der Waals surface area contributed by atoms with Gasteiger partial charge in [-0.3, -0.25) is 4.98 Å². The highest BCUT2D eigenvalue weighted by molar-refractivity contribution is 7.13. The van der Waals surface area contributed by atoms with Gasteiger partial charge in [0.2, 0.25) is 5.82 Å². The molecule has 4 rings (SSSR count). The van der Waals surface area contributed by atoms with Gasteiger partial charge in [0.1, 0.15) is 4.88 Å². The van der Waals surface area contributed by atoms with Gasteiger partial charge >= 0.3 is 6.03 Å². The molecule has 1 N–H and O–H groups in total. The average molecular weight is 384 g/mol. The topological polar surface area (TPSA) is 97.0 Å². The van der Waals surface area contributed by atoms with Crippen molar-refractivity contribution in [1.82, 2.24) is 30.3 Å². The van der Waals surface area contributed by atoms with Crippen molar-refractivity contribution in [3.63, 3.8) is 0 Å². The molecule has 2 amide bonds. The van der Waals surface area contributed by atoms with Crippen LogP contribution in [0.5, 0.6) is 0 Å². The van der Waals surface area contributed by atoms with Gasteiger partial charge in [-0.05, 0) is 38.3 Å². The second-order valence-electron chi connectivity index (χ2n) is 6.42. The number of aromatic nitrogens is 4. The van der Waals surface area contributed by atoms with Crippen LogP contribution >= 0.6 is 11.3 Å². The number of rotatable bonds is 3. The second kappa shape index (κ2) is 7.07. The normalized spacial score (nSPS) is 13.5. The standard InChI is InChI=1S/C18H20N6O2S/c1-4-19-18(25)24-6-5-13-12(8-24)7-20-10(2)14(13)16-22-17(26-23-16)15-11(3)21-9-27-15/h7,9H,4-6,8H2,1-3H3,(H,19,25). The average Bonchev–Trinajstić information content (AvgIpc) is 3.30. The number of carbonyl (C=O) groups is 1. The Balaban J connectivity index is 1.69. The molecule has 0 atom stereocenters. The van der Waals surface area contributed by atoms with Crippen LogP contribution in [0, 0.1) is 13.8 Å². The Morgan fingerprint density at radius 2 is 2.19 bits per heavy atom. The lowest BCUT2D eigenvalue weighted by molar-refractivity contribution is 0.193. The third-order valence-electron chi connectivity index (χ3n) is 4.66. The first-order valence-electron chi connectivity index (χ1n) is 8.83. The molecule has 0 saturated heterocycles. The van der Waals surface area contributed by atoms with E-state index in [-0.39, 0.29) is 6.03 Å². The minimum atomic E-state index is -0.0483. The Kier molecular flexibility index (Phi) is 4.61. The summed E-state index contributed by atoms with van der Waals surface area (Å²) in [6.45, 7) is 7.57. The third kappa shape index (κ3) is 3.18. The van der Waals surface area contributed by atoms with Crippen LogP contribution in [-0.2, 0) is 13.0 Å². The van der Waals surface area contributed by atoms with Gasteiger partial charge in [-0.15, -0.1) is 11.3 Å². The molecule has 0 saturated carbocycles. The molecule has 0 spiro atoms. The molecule has 0 fully saturated rings. The summed E-state index contributed by atoms with van der Waals surface area (Å²) in [5.41, 5.74) is 6.55. The van der Waals surface area contributed by atoms with E-state index >= 15 is 0 Å². The van der Waals surface area contributed by atoms with Gasteiger partial charge < -0.3 is 14.7 Å². The van der Waals surface area contributed by atoms with Gasteiger partial charge in [-0.25, -0.2) is 9.78 Å². The lowest BCUT2D eigenvalue weighted by atomic mass is 9.94. The van der Waals surface area contributed by atoms with E-state index in [4.69, 9.17) is 4.52 Å². The molecule has 0 aromatic carbocycles. The zero-order valence-electron chi connectivity index (χ0n) is 15.4. The first-order valence-corrected chi connectivity index (χ1v) is 9.71. The van der Waals surface area contributed by atoms with Crippen LogP contribution in [0.1, 0.15) is 29.4 Å². The molecular formula is C18H20N6O2S. The van der Waals surface area contributed by atoms with Crippen molar-refractivity contribution in [2.45, 2.75) is 33.7 Å². The van der Waals surface area contributed by atoms with E-state index in [0.29, 0.717) is 31.3 Å². The maximum atomic E-state index is 12.1. The Labute approximate surface area is 160 Å². The van der Waals surface area contributed by atoms with Crippen molar-refractivity contribution in [3.05, 3.63) is 34.2 Å². The number of pyridine rings is 1. The second-order valence-corrected chi connectivity index (χ2v) is 7.27. The number of thiazole rings is 1. The van der Waals surface area contributed by atoms with Crippen LogP contribution in [0.2, 0.25) is 0 Å². The van der Waals surface area contributed by atoms with Crippen LogP contribution in [-0.4, -0.2) is 44.1 Å². The number of urea groups is 1. The summed E-state index contributed by atoms with van der Waals surface area (Å²) in [6.07, 6.45) is 2.57. The molecule has 1 aliphatic rings. The summed E-state index contributed by atoms with van der Waals surface area (Å²) in [7, 11) is 0. The van der Waals surface area contributed by atoms with Gasteiger partial charge in [-0.2, -0.15) is 4.98 Å². The fourth-order valence-corrected chi connectivity index (χ4v) is 4.03. The lowest BCUT2D eigenvalue weighted by Crippen LogP contribution is -2.42. The van der Waals surface area contributed by atoms with Gasteiger partial charge in [0.05, 0.1) is 11.2 Å². The van der Waals surface area contributed by atoms with Crippen molar-refractivity contribution in [3.8, 4) is 22.2 Å². The van der Waals surface area contributed by atoms with E-state index in [1.165, 1.54) is 11.3 Å². The number of nitrogens with zero attached hydrogens (tertiary/aromatic N) is 5. The summed E-state index contributed by atoms with van der Waals surface area (Å²) in [5, 5.41) is 7.05. The highest BCUT2D eigenvalue weighted by Crippen LogP contribution is 2.33. The Bertz CT molecular complexity index is 996. The number of amides is 2. The fraction of sp³-hybridized carbons (Fsp3) is 0.389. The highest BCUT2D eigenvalue weighted by Gasteiger charge is 2.26. The predicted molar refractivity (Wildman–Crippen MR) is 101 cm³/mol. The van der Waals surface area contributed by atoms with Gasteiger partial charge in [0.25, 0.3) is 5.89 Å². The molecule has 0 unspecified atom stereocenters. The summed E-state index contributed by atoms with van der Waals surface area (Å²) < 4.78 is 5.49. The van der Waals surface area contributed by atoms with E-state index in [2.05, 4.69) is 25.4 Å². The van der Waals surface area contributed by atoms with Crippen LogP contribution in [0.4, 0.5) is 4.79 Å². The SMILES string of the molecule is CCNC(=O)N1CCc2c(cnc(C)c2-c2noc(-c3scnc3C)n2)C1. The molecule has 140 valence electrons. The van der Waals surface area contributed by atoms with Gasteiger partial charge in [0.15, 0.2) is 0 Å². The number of hydrogen-bond acceptors (Lipinski definition) is 7. The van der Waals surface area contributed by atoms with Gasteiger partial charge in [-0.1, -0.05) is 5.16 Å². The van der Waals surface area contributed by atoms with E-state index in [9.17, 15) is 4.79 Å². The van der Waals surface area contributed by atoms with Crippen molar-refractivity contribution in [2.75, 3.05) is 13.1 Å². The number of hydrogen-bond donors (Lipinski definition) is 1. The maximum absolute atomic E-state index is 12.1. The monoisotopic (exact) mass is 384 g/mol. The molecule has 0 bridgehead atoms. The van der Waals surface area contributed by atoms with E-state index in [1.54, 1.807) is 10.4 Å². The summed E-state index contributed by atoms with van der Waals surface area (Å²) in [4.78, 5) is 28.2. The molecule has 1 aliphatic heterocycles. The largest absolute Gasteiger partial charge is 0.338 e. The molecule has 8 nitrogen and oxygen atoms in total. The fourth-order valence-electron chi connectivity index (χ4n) is 3.31. The smallest absolute Gasteiger partial charge is 0.317 e. The molecule has 3 aromatic heterocycles. The molecule has 4 heterocycles. The van der Waals surface area contributed by atoms with Crippen molar-refractivity contribution < 1.29 is 9.32 Å². The minimum absolute atomic E-state index is 0.0483. The summed E-state index contributed by atoms with van der Waals surface area (Å²) in [6, 6.07) is -0.0483. The molecule has 9 heteroatoms. The number of fused-ring (bicyclic) bond motifs is 1. The van der Waals surface area contributed by atoms with Crippen LogP contribution < -0.4 is 5.32 Å². The Morgan fingerprint density at radius 3 is 2.93 bits per heavy atom. The molecular weight excluding hydrogens is 364 g/mol. The zero-order chi connectivity index (χ0) is 19.0. The minimum Gasteiger partial charge on any atom is -0.338 e. The predicted octanol–water partition coefficient (Wildman–Crippen LogP) is 2.96. The maximum Gasteiger partial charge on any atom is 0.317 e. The van der Waals surface area contributed by atoms with Crippen molar-refractivity contribution >= 4 is 17.4 Å². The van der Waals surface area contributed by atoms with Crippen LogP contribution in [0.15, 0.2) is 16.2 Å². The highest BCUT2D eigenvalue weighted by atomic mass is 32.1. The Hall–Kier alpha value is -2.81. The molecule has 0 aliphatic carbocycles. The first kappa shape index (κ1) is 17.6. The van der Waals surface area contributed by atoms with Crippen LogP contribution in [0.3, 0.4) is 0 Å². The summed E-state index contributed by atoms with van der Waals surface area (Å²) in [5.74, 6) is 1.01. The zero-order valence-corrected chi connectivity index (χ0v) is 16.3. The number of aryl methyl sites for hydroxylation is 2.